The number of benzene rings is 3. The van der Waals surface area contributed by atoms with Gasteiger partial charge in [0.15, 0.2) is 23.9 Å². The van der Waals surface area contributed by atoms with E-state index in [0.29, 0.717) is 39.9 Å². The van der Waals surface area contributed by atoms with Crippen molar-refractivity contribution in [3.63, 3.8) is 0 Å². The Morgan fingerprint density at radius 2 is 1.68 bits per heavy atom. The fourth-order valence-corrected chi connectivity index (χ4v) is 3.96. The van der Waals surface area contributed by atoms with Gasteiger partial charge >= 0.3 is 0 Å². The number of anilines is 1. The van der Waals surface area contributed by atoms with Crippen LogP contribution in [-0.4, -0.2) is 38.4 Å². The van der Waals surface area contributed by atoms with Gasteiger partial charge in [-0.25, -0.2) is 5.43 Å². The summed E-state index contributed by atoms with van der Waals surface area (Å²) in [5, 5.41) is 7.53. The highest BCUT2D eigenvalue weighted by atomic mass is 35.5. The van der Waals surface area contributed by atoms with E-state index in [4.69, 9.17) is 49.0 Å². The van der Waals surface area contributed by atoms with Crippen molar-refractivity contribution in [2.75, 3.05) is 25.6 Å². The lowest BCUT2D eigenvalue weighted by Gasteiger charge is -2.12. The number of aryl methyl sites for hydroxylation is 1. The molecule has 11 heteroatoms. The van der Waals surface area contributed by atoms with Crippen LogP contribution in [0.3, 0.4) is 0 Å². The molecule has 0 saturated heterocycles. The molecule has 2 amide bonds. The van der Waals surface area contributed by atoms with E-state index in [9.17, 15) is 9.59 Å². The average molecular weight is 579 g/mol. The number of ether oxygens (including phenoxy) is 3. The molecule has 8 nitrogen and oxygen atoms in total. The fourth-order valence-electron chi connectivity index (χ4n) is 3.17. The molecular formula is C27H26Cl3N3O5. The van der Waals surface area contributed by atoms with Crippen molar-refractivity contribution < 1.29 is 23.8 Å². The maximum atomic E-state index is 12.5. The molecule has 3 rings (SSSR count). The number of nitrogens with zero attached hydrogens (tertiary/aromatic N) is 1. The monoisotopic (exact) mass is 577 g/mol. The molecule has 0 spiro atoms. The first-order chi connectivity index (χ1) is 18.2. The Morgan fingerprint density at radius 1 is 0.947 bits per heavy atom. The molecule has 2 N–H and O–H groups in total. The minimum atomic E-state index is -0.445. The van der Waals surface area contributed by atoms with Gasteiger partial charge in [-0.1, -0.05) is 47.8 Å². The van der Waals surface area contributed by atoms with Crippen LogP contribution in [0.25, 0.3) is 0 Å². The SMILES string of the molecule is CCCOc1ccc(C(=O)N/N=C/c2cc(Cl)c(OCC(=O)Nc3ccc(C)c(Cl)c3)c(Cl)c2)cc1OC. The van der Waals surface area contributed by atoms with E-state index in [1.54, 1.807) is 48.5 Å². The molecule has 200 valence electrons. The number of rotatable bonds is 11. The van der Waals surface area contributed by atoms with Gasteiger partial charge in [0, 0.05) is 16.3 Å². The maximum Gasteiger partial charge on any atom is 0.271 e. The Morgan fingerprint density at radius 3 is 2.34 bits per heavy atom. The largest absolute Gasteiger partial charge is 0.493 e. The highest BCUT2D eigenvalue weighted by Crippen LogP contribution is 2.34. The van der Waals surface area contributed by atoms with Gasteiger partial charge in [-0.2, -0.15) is 5.10 Å². The summed E-state index contributed by atoms with van der Waals surface area (Å²) in [7, 11) is 1.50. The third-order valence-electron chi connectivity index (χ3n) is 5.09. The van der Waals surface area contributed by atoms with Gasteiger partial charge in [-0.15, -0.1) is 0 Å². The standard InChI is InChI=1S/C27H26Cl3N3O5/c1-4-9-37-23-8-6-18(12-24(23)36-3)27(35)33-31-14-17-10-21(29)26(22(30)11-17)38-15-25(34)32-19-7-5-16(2)20(28)13-19/h5-8,10-14H,4,9,15H2,1-3H3,(H,32,34)(H,33,35)/b31-14+. The second-order valence-corrected chi connectivity index (χ2v) is 9.25. The summed E-state index contributed by atoms with van der Waals surface area (Å²) in [6.07, 6.45) is 2.23. The zero-order valence-corrected chi connectivity index (χ0v) is 23.2. The molecule has 0 unspecified atom stereocenters. The molecule has 0 aliphatic rings. The van der Waals surface area contributed by atoms with Crippen LogP contribution in [0.5, 0.6) is 17.2 Å². The van der Waals surface area contributed by atoms with E-state index in [1.807, 2.05) is 13.8 Å². The smallest absolute Gasteiger partial charge is 0.271 e. The first-order valence-corrected chi connectivity index (χ1v) is 12.7. The van der Waals surface area contributed by atoms with E-state index >= 15 is 0 Å². The van der Waals surface area contributed by atoms with Crippen LogP contribution in [-0.2, 0) is 4.79 Å². The van der Waals surface area contributed by atoms with Gasteiger partial charge in [0.2, 0.25) is 0 Å². The first-order valence-electron chi connectivity index (χ1n) is 11.5. The third-order valence-corrected chi connectivity index (χ3v) is 6.06. The Hall–Kier alpha value is -3.46. The third kappa shape index (κ3) is 8.02. The number of halogens is 3. The second-order valence-electron chi connectivity index (χ2n) is 8.03. The van der Waals surface area contributed by atoms with Gasteiger partial charge in [0.1, 0.15) is 0 Å². The molecule has 0 aliphatic heterocycles. The summed E-state index contributed by atoms with van der Waals surface area (Å²) in [5.41, 5.74) is 4.73. The maximum absolute atomic E-state index is 12.5. The van der Waals surface area contributed by atoms with Crippen LogP contribution in [0, 0.1) is 6.92 Å². The van der Waals surface area contributed by atoms with Gasteiger partial charge in [-0.05, 0) is 66.9 Å². The van der Waals surface area contributed by atoms with Crippen LogP contribution in [0.4, 0.5) is 5.69 Å². The molecule has 0 aromatic heterocycles. The van der Waals surface area contributed by atoms with E-state index in [1.165, 1.54) is 13.3 Å². The summed E-state index contributed by atoms with van der Waals surface area (Å²) in [6, 6.07) is 13.1. The van der Waals surface area contributed by atoms with Gasteiger partial charge in [-0.3, -0.25) is 9.59 Å². The van der Waals surface area contributed by atoms with Crippen LogP contribution >= 0.6 is 34.8 Å². The lowest BCUT2D eigenvalue weighted by atomic mass is 10.2. The fraction of sp³-hybridized carbons (Fsp3) is 0.222. The minimum absolute atomic E-state index is 0.143. The first kappa shape index (κ1) is 29.1. The van der Waals surface area contributed by atoms with Crippen molar-refractivity contribution in [2.45, 2.75) is 20.3 Å². The van der Waals surface area contributed by atoms with Crippen molar-refractivity contribution >= 4 is 58.5 Å². The summed E-state index contributed by atoms with van der Waals surface area (Å²) in [5.74, 6) is 0.286. The lowest BCUT2D eigenvalue weighted by molar-refractivity contribution is -0.118. The number of nitrogens with one attached hydrogen (secondary N) is 2. The zero-order valence-electron chi connectivity index (χ0n) is 20.9. The molecule has 0 atom stereocenters. The van der Waals surface area contributed by atoms with Crippen molar-refractivity contribution in [3.05, 3.63) is 80.3 Å². The number of hydrazone groups is 1. The number of hydrogen-bond acceptors (Lipinski definition) is 6. The highest BCUT2D eigenvalue weighted by molar-refractivity contribution is 6.37. The summed E-state index contributed by atoms with van der Waals surface area (Å²) < 4.78 is 16.4. The number of carbonyl (C=O) groups excluding carboxylic acids is 2. The molecule has 0 fully saturated rings. The molecule has 0 radical (unpaired) electrons. The molecule has 3 aromatic rings. The van der Waals surface area contributed by atoms with Crippen molar-refractivity contribution in [2.24, 2.45) is 5.10 Å². The van der Waals surface area contributed by atoms with Crippen LogP contribution in [0.15, 0.2) is 53.6 Å². The normalized spacial score (nSPS) is 10.8. The van der Waals surface area contributed by atoms with Crippen LogP contribution < -0.4 is 25.0 Å². The molecule has 38 heavy (non-hydrogen) atoms. The molecule has 0 bridgehead atoms. The Labute approximate surface area is 235 Å². The van der Waals surface area contributed by atoms with Gasteiger partial charge < -0.3 is 19.5 Å². The zero-order chi connectivity index (χ0) is 27.7. The summed E-state index contributed by atoms with van der Waals surface area (Å²) in [4.78, 5) is 24.8. The van der Waals surface area contributed by atoms with Crippen molar-refractivity contribution in [1.29, 1.82) is 0 Å². The number of methoxy groups -OCH3 is 1. The predicted octanol–water partition coefficient (Wildman–Crippen LogP) is 6.53. The van der Waals surface area contributed by atoms with Crippen molar-refractivity contribution in [1.82, 2.24) is 5.43 Å². The second kappa shape index (κ2) is 13.9. The molecule has 0 heterocycles. The summed E-state index contributed by atoms with van der Waals surface area (Å²) >= 11 is 18.7. The molecule has 0 aliphatic carbocycles. The highest BCUT2D eigenvalue weighted by Gasteiger charge is 2.13. The molecule has 0 saturated carbocycles. The topological polar surface area (TPSA) is 98.3 Å². The lowest BCUT2D eigenvalue weighted by Crippen LogP contribution is -2.20. The van der Waals surface area contributed by atoms with E-state index < -0.39 is 11.8 Å². The van der Waals surface area contributed by atoms with Crippen LogP contribution in [0.2, 0.25) is 15.1 Å². The predicted molar refractivity (Wildman–Crippen MR) is 151 cm³/mol. The van der Waals surface area contributed by atoms with E-state index in [0.717, 1.165) is 12.0 Å². The Bertz CT molecular complexity index is 1320. The van der Waals surface area contributed by atoms with Crippen molar-refractivity contribution in [3.8, 4) is 17.2 Å². The quantitative estimate of drug-likeness (QED) is 0.199. The van der Waals surface area contributed by atoms with E-state index in [-0.39, 0.29) is 22.4 Å². The minimum Gasteiger partial charge on any atom is -0.493 e. The van der Waals surface area contributed by atoms with E-state index in [2.05, 4.69) is 15.8 Å². The van der Waals surface area contributed by atoms with Crippen LogP contribution in [0.1, 0.15) is 34.8 Å². The number of hydrogen-bond donors (Lipinski definition) is 2. The Balaban J connectivity index is 1.58. The van der Waals surface area contributed by atoms with Gasteiger partial charge in [0.05, 0.1) is 30.0 Å². The number of carbonyl (C=O) groups is 2. The molecule has 3 aromatic carbocycles. The Kier molecular flexibility index (Phi) is 10.6. The molecular weight excluding hydrogens is 553 g/mol. The number of amides is 2. The average Bonchev–Trinajstić information content (AvgIpc) is 2.89. The summed E-state index contributed by atoms with van der Waals surface area (Å²) in [6.45, 7) is 4.08. The van der Waals surface area contributed by atoms with Gasteiger partial charge in [0.25, 0.3) is 11.8 Å².